The number of carboxylic acids is 1. The number of hydrogen-bond acceptors (Lipinski definition) is 1. The van der Waals surface area contributed by atoms with E-state index in [0.29, 0.717) is 0 Å². The lowest BCUT2D eigenvalue weighted by molar-refractivity contribution is -0.132. The van der Waals surface area contributed by atoms with Gasteiger partial charge in [-0.25, -0.2) is 13.6 Å². The van der Waals surface area contributed by atoms with Crippen molar-refractivity contribution in [3.8, 4) is 0 Å². The Balaban J connectivity index is 3.40. The molecule has 0 fully saturated rings. The second-order valence-corrected chi connectivity index (χ2v) is 3.64. The molecule has 0 unspecified atom stereocenters. The summed E-state index contributed by atoms with van der Waals surface area (Å²) in [5.41, 5.74) is 0.413. The fourth-order valence-corrected chi connectivity index (χ4v) is 1.30. The number of allylic oxidation sites excluding steroid dienone is 1. The summed E-state index contributed by atoms with van der Waals surface area (Å²) in [6.45, 7) is 4.26. The standard InChI is InChI=1S/C12H12F2O2/c1-6-4-11(14)9(5-10(6)13)7(2)8(3)12(15)16/h4-5H,1-3H3,(H,15,16). The van der Waals surface area contributed by atoms with Gasteiger partial charge >= 0.3 is 5.97 Å². The normalized spacial score (nSPS) is 12.3. The van der Waals surface area contributed by atoms with E-state index in [1.165, 1.54) is 20.8 Å². The van der Waals surface area contributed by atoms with Crippen molar-refractivity contribution in [3.63, 3.8) is 0 Å². The van der Waals surface area contributed by atoms with Gasteiger partial charge in [0.15, 0.2) is 0 Å². The van der Waals surface area contributed by atoms with Crippen LogP contribution in [0.2, 0.25) is 0 Å². The van der Waals surface area contributed by atoms with Crippen LogP contribution in [0.25, 0.3) is 5.57 Å². The smallest absolute Gasteiger partial charge is 0.331 e. The van der Waals surface area contributed by atoms with Crippen molar-refractivity contribution < 1.29 is 18.7 Å². The van der Waals surface area contributed by atoms with Gasteiger partial charge < -0.3 is 5.11 Å². The molecular formula is C12H12F2O2. The summed E-state index contributed by atoms with van der Waals surface area (Å²) < 4.78 is 26.8. The molecule has 0 aliphatic heterocycles. The van der Waals surface area contributed by atoms with Crippen LogP contribution in [0.3, 0.4) is 0 Å². The Hall–Kier alpha value is -1.71. The number of carbonyl (C=O) groups is 1. The van der Waals surface area contributed by atoms with Crippen molar-refractivity contribution in [2.24, 2.45) is 0 Å². The topological polar surface area (TPSA) is 37.3 Å². The lowest BCUT2D eigenvalue weighted by Gasteiger charge is -2.07. The van der Waals surface area contributed by atoms with Crippen molar-refractivity contribution in [2.45, 2.75) is 20.8 Å². The van der Waals surface area contributed by atoms with Gasteiger partial charge in [0, 0.05) is 11.1 Å². The van der Waals surface area contributed by atoms with Gasteiger partial charge in [-0.1, -0.05) is 0 Å². The molecule has 0 saturated heterocycles. The Morgan fingerprint density at radius 1 is 1.19 bits per heavy atom. The highest BCUT2D eigenvalue weighted by atomic mass is 19.1. The second-order valence-electron chi connectivity index (χ2n) is 3.64. The zero-order valence-corrected chi connectivity index (χ0v) is 9.27. The first-order valence-electron chi connectivity index (χ1n) is 4.71. The zero-order chi connectivity index (χ0) is 12.5. The predicted molar refractivity (Wildman–Crippen MR) is 57.0 cm³/mol. The van der Waals surface area contributed by atoms with Crippen molar-refractivity contribution in [1.29, 1.82) is 0 Å². The van der Waals surface area contributed by atoms with Crippen LogP contribution in [0.1, 0.15) is 25.0 Å². The van der Waals surface area contributed by atoms with Gasteiger partial charge in [0.25, 0.3) is 0 Å². The summed E-state index contributed by atoms with van der Waals surface area (Å²) >= 11 is 0. The number of carboxylic acid groups (broad SMARTS) is 1. The van der Waals surface area contributed by atoms with Gasteiger partial charge in [-0.2, -0.15) is 0 Å². The van der Waals surface area contributed by atoms with Gasteiger partial charge in [-0.05, 0) is 44.0 Å². The summed E-state index contributed by atoms with van der Waals surface area (Å²) in [4.78, 5) is 10.7. The average Bonchev–Trinajstić information content (AvgIpc) is 2.21. The van der Waals surface area contributed by atoms with Crippen LogP contribution in [0, 0.1) is 18.6 Å². The molecule has 0 saturated carbocycles. The molecule has 86 valence electrons. The monoisotopic (exact) mass is 226 g/mol. The molecule has 1 aromatic rings. The zero-order valence-electron chi connectivity index (χ0n) is 9.27. The molecule has 16 heavy (non-hydrogen) atoms. The second kappa shape index (κ2) is 4.43. The summed E-state index contributed by atoms with van der Waals surface area (Å²) in [6, 6.07) is 2.08. The summed E-state index contributed by atoms with van der Waals surface area (Å²) in [7, 11) is 0. The van der Waals surface area contributed by atoms with Gasteiger partial charge in [0.05, 0.1) is 0 Å². The molecule has 0 spiro atoms. The molecule has 0 aliphatic rings. The molecule has 0 atom stereocenters. The molecule has 0 bridgehead atoms. The molecule has 1 rings (SSSR count). The number of aliphatic carboxylic acids is 1. The highest BCUT2D eigenvalue weighted by Crippen LogP contribution is 2.24. The molecule has 0 aliphatic carbocycles. The maximum atomic E-state index is 13.5. The maximum absolute atomic E-state index is 13.5. The fraction of sp³-hybridized carbons (Fsp3) is 0.250. The summed E-state index contributed by atoms with van der Waals surface area (Å²) in [6.07, 6.45) is 0. The Morgan fingerprint density at radius 2 is 1.75 bits per heavy atom. The summed E-state index contributed by atoms with van der Waals surface area (Å²) in [5, 5.41) is 8.75. The first kappa shape index (κ1) is 12.4. The molecule has 1 N–H and O–H groups in total. The molecule has 1 aromatic carbocycles. The maximum Gasteiger partial charge on any atom is 0.331 e. The van der Waals surface area contributed by atoms with E-state index in [-0.39, 0.29) is 22.3 Å². The molecule has 0 aromatic heterocycles. The molecular weight excluding hydrogens is 214 g/mol. The SMILES string of the molecule is CC(C(=O)O)=C(C)c1cc(F)c(C)cc1F. The van der Waals surface area contributed by atoms with E-state index in [4.69, 9.17) is 5.11 Å². The van der Waals surface area contributed by atoms with Crippen molar-refractivity contribution in [3.05, 3.63) is 40.5 Å². The number of halogens is 2. The van der Waals surface area contributed by atoms with E-state index in [1.807, 2.05) is 0 Å². The minimum atomic E-state index is -1.14. The lowest BCUT2D eigenvalue weighted by Crippen LogP contribution is -2.01. The molecule has 0 radical (unpaired) electrons. The number of benzene rings is 1. The first-order chi connectivity index (χ1) is 7.34. The van der Waals surface area contributed by atoms with E-state index in [2.05, 4.69) is 0 Å². The third kappa shape index (κ3) is 2.27. The van der Waals surface area contributed by atoms with Gasteiger partial charge in [0.2, 0.25) is 0 Å². The van der Waals surface area contributed by atoms with Crippen LogP contribution in [0.4, 0.5) is 8.78 Å². The minimum absolute atomic E-state index is 0.00199. The third-order valence-electron chi connectivity index (χ3n) is 2.54. The van der Waals surface area contributed by atoms with Crippen molar-refractivity contribution >= 4 is 11.5 Å². The largest absolute Gasteiger partial charge is 0.478 e. The van der Waals surface area contributed by atoms with Gasteiger partial charge in [-0.15, -0.1) is 0 Å². The van der Waals surface area contributed by atoms with Crippen LogP contribution in [0.5, 0.6) is 0 Å². The van der Waals surface area contributed by atoms with Crippen LogP contribution >= 0.6 is 0 Å². The average molecular weight is 226 g/mol. The quantitative estimate of drug-likeness (QED) is 0.786. The Kier molecular flexibility index (Phi) is 3.42. The molecule has 2 nitrogen and oxygen atoms in total. The van der Waals surface area contributed by atoms with E-state index in [9.17, 15) is 13.6 Å². The van der Waals surface area contributed by atoms with E-state index in [0.717, 1.165) is 12.1 Å². The van der Waals surface area contributed by atoms with Crippen molar-refractivity contribution in [2.75, 3.05) is 0 Å². The van der Waals surface area contributed by atoms with Gasteiger partial charge in [-0.3, -0.25) is 0 Å². The van der Waals surface area contributed by atoms with E-state index >= 15 is 0 Å². The van der Waals surface area contributed by atoms with Crippen LogP contribution in [-0.4, -0.2) is 11.1 Å². The highest BCUT2D eigenvalue weighted by Gasteiger charge is 2.13. The van der Waals surface area contributed by atoms with Crippen LogP contribution in [-0.2, 0) is 4.79 Å². The minimum Gasteiger partial charge on any atom is -0.478 e. The van der Waals surface area contributed by atoms with E-state index in [1.54, 1.807) is 0 Å². The summed E-state index contributed by atoms with van der Waals surface area (Å²) in [5.74, 6) is -2.30. The lowest BCUT2D eigenvalue weighted by atomic mass is 10.0. The Morgan fingerprint density at radius 3 is 2.25 bits per heavy atom. The fourth-order valence-electron chi connectivity index (χ4n) is 1.30. The van der Waals surface area contributed by atoms with Gasteiger partial charge in [0.1, 0.15) is 11.6 Å². The number of rotatable bonds is 2. The highest BCUT2D eigenvalue weighted by molar-refractivity contribution is 5.95. The Bertz CT molecular complexity index is 476. The molecule has 0 amide bonds. The number of aryl methyl sites for hydroxylation is 1. The molecule has 4 heteroatoms. The predicted octanol–water partition coefficient (Wildman–Crippen LogP) is 3.15. The van der Waals surface area contributed by atoms with Crippen LogP contribution < -0.4 is 0 Å². The molecule has 0 heterocycles. The Labute approximate surface area is 92.2 Å². The first-order valence-corrected chi connectivity index (χ1v) is 4.71. The van der Waals surface area contributed by atoms with Crippen LogP contribution in [0.15, 0.2) is 17.7 Å². The number of hydrogen-bond donors (Lipinski definition) is 1. The van der Waals surface area contributed by atoms with E-state index < -0.39 is 17.6 Å². The third-order valence-corrected chi connectivity index (χ3v) is 2.54. The van der Waals surface area contributed by atoms with Crippen molar-refractivity contribution in [1.82, 2.24) is 0 Å².